The van der Waals surface area contributed by atoms with Gasteiger partial charge in [0, 0.05) is 21.8 Å². The average molecular weight is 522 g/mol. The molecule has 0 aliphatic rings. The molecule has 0 aliphatic heterocycles. The quantitative estimate of drug-likeness (QED) is 0.244. The van der Waals surface area contributed by atoms with Crippen molar-refractivity contribution in [2.24, 2.45) is 0 Å². The molecule has 0 fully saturated rings. The molecule has 0 bridgehead atoms. The van der Waals surface area contributed by atoms with E-state index < -0.39 is 5.25 Å². The molecule has 0 radical (unpaired) electrons. The maximum atomic E-state index is 13.2. The predicted molar refractivity (Wildman–Crippen MR) is 143 cm³/mol. The molecule has 0 aliphatic carbocycles. The van der Waals surface area contributed by atoms with Crippen LogP contribution in [0.25, 0.3) is 0 Å². The molecule has 1 heterocycles. The van der Waals surface area contributed by atoms with Crippen molar-refractivity contribution < 1.29 is 9.59 Å². The van der Waals surface area contributed by atoms with Crippen LogP contribution in [0.5, 0.6) is 0 Å². The summed E-state index contributed by atoms with van der Waals surface area (Å²) < 4.78 is 0. The molecule has 4 rings (SSSR count). The summed E-state index contributed by atoms with van der Waals surface area (Å²) in [5.41, 5.74) is 2.37. The number of benzene rings is 3. The lowest BCUT2D eigenvalue weighted by Gasteiger charge is -2.17. The average Bonchev–Trinajstić information content (AvgIpc) is 2.86. The number of nitrogens with one attached hydrogen (secondary N) is 2. The fourth-order valence-corrected chi connectivity index (χ4v) is 4.64. The second kappa shape index (κ2) is 11.9. The SMILES string of the molecule is O=C(Cc1ccc(Cl)cc1)Nc1cccc(SC(C(=O)Nc2ccc(Cl)cn2)c2ccccc2)c1. The lowest BCUT2D eigenvalue weighted by molar-refractivity contribution is -0.116. The van der Waals surface area contributed by atoms with E-state index in [9.17, 15) is 9.59 Å². The van der Waals surface area contributed by atoms with Gasteiger partial charge in [-0.25, -0.2) is 4.98 Å². The van der Waals surface area contributed by atoms with E-state index in [4.69, 9.17) is 23.2 Å². The minimum atomic E-state index is -0.534. The van der Waals surface area contributed by atoms with Crippen LogP contribution in [0, 0.1) is 0 Å². The van der Waals surface area contributed by atoms with E-state index in [1.807, 2.05) is 66.7 Å². The predicted octanol–water partition coefficient (Wildman–Crippen LogP) is 7.04. The zero-order valence-corrected chi connectivity index (χ0v) is 20.8. The van der Waals surface area contributed by atoms with Crippen molar-refractivity contribution >= 4 is 58.3 Å². The Labute approximate surface area is 217 Å². The molecule has 4 aromatic rings. The van der Waals surface area contributed by atoms with Gasteiger partial charge in [0.1, 0.15) is 11.1 Å². The van der Waals surface area contributed by atoms with Crippen LogP contribution in [0.4, 0.5) is 11.5 Å². The molecule has 0 saturated heterocycles. The molecule has 8 heteroatoms. The molecule has 35 heavy (non-hydrogen) atoms. The van der Waals surface area contributed by atoms with Crippen LogP contribution in [0.15, 0.2) is 102 Å². The number of halogens is 2. The molecular weight excluding hydrogens is 501 g/mol. The molecule has 0 saturated carbocycles. The van der Waals surface area contributed by atoms with Crippen molar-refractivity contribution in [2.45, 2.75) is 16.6 Å². The molecule has 3 aromatic carbocycles. The molecule has 176 valence electrons. The van der Waals surface area contributed by atoms with E-state index in [1.54, 1.807) is 24.3 Å². The van der Waals surface area contributed by atoms with E-state index in [0.29, 0.717) is 21.6 Å². The van der Waals surface area contributed by atoms with Gasteiger partial charge in [-0.05, 0) is 53.6 Å². The van der Waals surface area contributed by atoms with Crippen molar-refractivity contribution in [3.8, 4) is 0 Å². The van der Waals surface area contributed by atoms with Gasteiger partial charge in [0.25, 0.3) is 0 Å². The molecule has 2 N–H and O–H groups in total. The van der Waals surface area contributed by atoms with Gasteiger partial charge in [-0.1, -0.05) is 71.7 Å². The third kappa shape index (κ3) is 7.33. The Morgan fingerprint density at radius 1 is 0.829 bits per heavy atom. The van der Waals surface area contributed by atoms with E-state index in [-0.39, 0.29) is 18.2 Å². The number of rotatable bonds is 8. The number of aromatic nitrogens is 1. The van der Waals surface area contributed by atoms with Gasteiger partial charge in [0.05, 0.1) is 11.4 Å². The van der Waals surface area contributed by atoms with Crippen molar-refractivity contribution in [3.63, 3.8) is 0 Å². The van der Waals surface area contributed by atoms with Crippen molar-refractivity contribution in [3.05, 3.63) is 118 Å². The lowest BCUT2D eigenvalue weighted by Crippen LogP contribution is -2.19. The minimum absolute atomic E-state index is 0.138. The fraction of sp³-hybridized carbons (Fsp3) is 0.0741. The summed E-state index contributed by atoms with van der Waals surface area (Å²) in [5, 5.41) is 6.37. The first-order valence-electron chi connectivity index (χ1n) is 10.7. The highest BCUT2D eigenvalue weighted by Crippen LogP contribution is 2.37. The first-order valence-corrected chi connectivity index (χ1v) is 12.4. The van der Waals surface area contributed by atoms with Crippen molar-refractivity contribution in [2.75, 3.05) is 10.6 Å². The van der Waals surface area contributed by atoms with E-state index in [0.717, 1.165) is 16.0 Å². The van der Waals surface area contributed by atoms with Crippen LogP contribution in [-0.4, -0.2) is 16.8 Å². The highest BCUT2D eigenvalue weighted by atomic mass is 35.5. The van der Waals surface area contributed by atoms with Gasteiger partial charge in [-0.2, -0.15) is 0 Å². The molecule has 1 aromatic heterocycles. The monoisotopic (exact) mass is 521 g/mol. The third-order valence-electron chi connectivity index (χ3n) is 4.97. The summed E-state index contributed by atoms with van der Waals surface area (Å²) in [6, 6.07) is 27.4. The minimum Gasteiger partial charge on any atom is -0.326 e. The van der Waals surface area contributed by atoms with Crippen LogP contribution in [-0.2, 0) is 16.0 Å². The smallest absolute Gasteiger partial charge is 0.243 e. The van der Waals surface area contributed by atoms with Gasteiger partial charge in [-0.15, -0.1) is 11.8 Å². The van der Waals surface area contributed by atoms with Gasteiger partial charge >= 0.3 is 0 Å². The first kappa shape index (κ1) is 24.8. The maximum absolute atomic E-state index is 13.2. The molecule has 5 nitrogen and oxygen atoms in total. The van der Waals surface area contributed by atoms with E-state index in [1.165, 1.54) is 18.0 Å². The largest absolute Gasteiger partial charge is 0.326 e. The first-order chi connectivity index (χ1) is 17.0. The number of carbonyl (C=O) groups is 2. The Kier molecular flexibility index (Phi) is 8.42. The van der Waals surface area contributed by atoms with Gasteiger partial charge in [-0.3, -0.25) is 9.59 Å². The van der Waals surface area contributed by atoms with E-state index >= 15 is 0 Å². The van der Waals surface area contributed by atoms with Crippen LogP contribution in [0.3, 0.4) is 0 Å². The Morgan fingerprint density at radius 3 is 2.29 bits per heavy atom. The number of amides is 2. The Morgan fingerprint density at radius 2 is 1.57 bits per heavy atom. The highest BCUT2D eigenvalue weighted by molar-refractivity contribution is 8.00. The summed E-state index contributed by atoms with van der Waals surface area (Å²) in [5.74, 6) is 0.0676. The second-order valence-corrected chi connectivity index (χ2v) is 9.69. The lowest BCUT2D eigenvalue weighted by atomic mass is 10.1. The number of hydrogen-bond donors (Lipinski definition) is 2. The fourth-order valence-electron chi connectivity index (χ4n) is 3.32. The molecular formula is C27H21Cl2N3O2S. The zero-order valence-electron chi connectivity index (χ0n) is 18.4. The Balaban J connectivity index is 1.48. The van der Waals surface area contributed by atoms with Crippen molar-refractivity contribution in [1.82, 2.24) is 4.98 Å². The summed E-state index contributed by atoms with van der Waals surface area (Å²) in [6.07, 6.45) is 1.72. The summed E-state index contributed by atoms with van der Waals surface area (Å²) >= 11 is 13.2. The normalized spacial score (nSPS) is 11.5. The number of hydrogen-bond acceptors (Lipinski definition) is 4. The maximum Gasteiger partial charge on any atom is 0.243 e. The highest BCUT2D eigenvalue weighted by Gasteiger charge is 2.23. The number of thioether (sulfide) groups is 1. The van der Waals surface area contributed by atoms with Gasteiger partial charge in [0.2, 0.25) is 11.8 Å². The number of pyridine rings is 1. The molecule has 1 atom stereocenters. The Bertz CT molecular complexity index is 1300. The second-order valence-electron chi connectivity index (χ2n) is 7.64. The standard InChI is InChI=1S/C27H21Cl2N3O2S/c28-20-11-9-18(10-12-20)15-25(33)31-22-7-4-8-23(16-22)35-26(19-5-2-1-3-6-19)27(34)32-24-14-13-21(29)17-30-24/h1-14,16-17,26H,15H2,(H,31,33)(H,30,32,34). The van der Waals surface area contributed by atoms with Crippen LogP contribution in [0.2, 0.25) is 10.0 Å². The topological polar surface area (TPSA) is 71.1 Å². The van der Waals surface area contributed by atoms with Gasteiger partial charge in [0.15, 0.2) is 0 Å². The van der Waals surface area contributed by atoms with Crippen LogP contribution >= 0.6 is 35.0 Å². The molecule has 2 amide bonds. The number of nitrogens with zero attached hydrogens (tertiary/aromatic N) is 1. The van der Waals surface area contributed by atoms with Crippen LogP contribution in [0.1, 0.15) is 16.4 Å². The van der Waals surface area contributed by atoms with E-state index in [2.05, 4.69) is 15.6 Å². The van der Waals surface area contributed by atoms with Crippen molar-refractivity contribution in [1.29, 1.82) is 0 Å². The summed E-state index contributed by atoms with van der Waals surface area (Å²) in [7, 11) is 0. The summed E-state index contributed by atoms with van der Waals surface area (Å²) in [6.45, 7) is 0. The molecule has 1 unspecified atom stereocenters. The zero-order chi connectivity index (χ0) is 24.6. The molecule has 0 spiro atoms. The Hall–Kier alpha value is -3.32. The van der Waals surface area contributed by atoms with Gasteiger partial charge < -0.3 is 10.6 Å². The third-order valence-corrected chi connectivity index (χ3v) is 6.69. The number of anilines is 2. The van der Waals surface area contributed by atoms with Crippen LogP contribution < -0.4 is 10.6 Å². The number of carbonyl (C=O) groups excluding carboxylic acids is 2. The summed E-state index contributed by atoms with van der Waals surface area (Å²) in [4.78, 5) is 30.7.